The standard InChI is InChI=1S/C16H15Cl2NO5/c1-16(2,3)24-15(21)23-11-7-8-6-9(10(20)4-5-19)12(17)13(18)14(8)22-11/h6,11H,4,7H2,1-3H3. The second-order valence-corrected chi connectivity index (χ2v) is 6.89. The number of hydrogen-bond acceptors (Lipinski definition) is 6. The molecule has 0 fully saturated rings. The molecule has 0 saturated carbocycles. The highest BCUT2D eigenvalue weighted by Gasteiger charge is 2.32. The minimum absolute atomic E-state index is 0.00795. The van der Waals surface area contributed by atoms with Gasteiger partial charge in [-0.15, -0.1) is 0 Å². The van der Waals surface area contributed by atoms with Crippen molar-refractivity contribution in [2.45, 2.75) is 45.5 Å². The molecule has 1 aromatic carbocycles. The molecule has 1 aromatic rings. The Kier molecular flexibility index (Phi) is 5.26. The van der Waals surface area contributed by atoms with Gasteiger partial charge < -0.3 is 14.2 Å². The van der Waals surface area contributed by atoms with Gasteiger partial charge in [-0.25, -0.2) is 4.79 Å². The van der Waals surface area contributed by atoms with Gasteiger partial charge in [0.1, 0.15) is 16.4 Å². The summed E-state index contributed by atoms with van der Waals surface area (Å²) in [7, 11) is 0. The van der Waals surface area contributed by atoms with E-state index in [1.54, 1.807) is 26.8 Å². The zero-order chi connectivity index (χ0) is 18.1. The number of hydrogen-bond donors (Lipinski definition) is 0. The maximum Gasteiger partial charge on any atom is 0.511 e. The summed E-state index contributed by atoms with van der Waals surface area (Å²) in [4.78, 5) is 23.6. The Hall–Kier alpha value is -1.97. The Morgan fingerprint density at radius 2 is 2.04 bits per heavy atom. The first-order valence-electron chi connectivity index (χ1n) is 7.09. The molecule has 0 saturated heterocycles. The summed E-state index contributed by atoms with van der Waals surface area (Å²) in [6.07, 6.45) is -1.92. The van der Waals surface area contributed by atoms with Crippen molar-refractivity contribution in [1.82, 2.24) is 0 Å². The molecule has 0 amide bonds. The van der Waals surface area contributed by atoms with Crippen molar-refractivity contribution >= 4 is 35.1 Å². The Bertz CT molecular complexity index is 733. The first-order valence-corrected chi connectivity index (χ1v) is 7.85. The zero-order valence-corrected chi connectivity index (χ0v) is 14.8. The third-order valence-corrected chi connectivity index (χ3v) is 3.88. The number of halogens is 2. The molecule has 1 heterocycles. The number of benzene rings is 1. The molecule has 128 valence electrons. The Morgan fingerprint density at radius 1 is 1.38 bits per heavy atom. The van der Waals surface area contributed by atoms with Gasteiger partial charge in [0, 0.05) is 11.1 Å². The third kappa shape index (κ3) is 4.11. The van der Waals surface area contributed by atoms with Crippen LogP contribution in [-0.4, -0.2) is 23.8 Å². The van der Waals surface area contributed by atoms with Gasteiger partial charge in [-0.3, -0.25) is 4.79 Å². The third-order valence-electron chi connectivity index (χ3n) is 3.03. The number of carbonyl (C=O) groups excluding carboxylic acids is 2. The van der Waals surface area contributed by atoms with E-state index < -0.39 is 23.8 Å². The van der Waals surface area contributed by atoms with E-state index in [0.29, 0.717) is 5.56 Å². The molecule has 0 aliphatic carbocycles. The molecule has 0 radical (unpaired) electrons. The van der Waals surface area contributed by atoms with Gasteiger partial charge in [-0.2, -0.15) is 5.26 Å². The van der Waals surface area contributed by atoms with Crippen LogP contribution in [0, 0.1) is 11.3 Å². The maximum atomic E-state index is 11.9. The summed E-state index contributed by atoms with van der Waals surface area (Å²) in [5.41, 5.74) is 0.0168. The topological polar surface area (TPSA) is 85.6 Å². The fraction of sp³-hybridized carbons (Fsp3) is 0.438. The van der Waals surface area contributed by atoms with Crippen molar-refractivity contribution in [3.63, 3.8) is 0 Å². The fourth-order valence-electron chi connectivity index (χ4n) is 2.11. The molecule has 1 aliphatic rings. The predicted molar refractivity (Wildman–Crippen MR) is 86.5 cm³/mol. The van der Waals surface area contributed by atoms with Crippen LogP contribution in [0.5, 0.6) is 5.75 Å². The molecule has 1 aliphatic heterocycles. The lowest BCUT2D eigenvalue weighted by molar-refractivity contribution is -0.0766. The second-order valence-electron chi connectivity index (χ2n) is 6.13. The molecular formula is C16H15Cl2NO5. The quantitative estimate of drug-likeness (QED) is 0.581. The average Bonchev–Trinajstić information content (AvgIpc) is 2.83. The predicted octanol–water partition coefficient (Wildman–Crippen LogP) is 4.30. The molecule has 0 N–H and O–H groups in total. The largest absolute Gasteiger partial charge is 0.511 e. The van der Waals surface area contributed by atoms with Gasteiger partial charge in [0.2, 0.25) is 0 Å². The van der Waals surface area contributed by atoms with E-state index in [4.69, 9.17) is 42.7 Å². The summed E-state index contributed by atoms with van der Waals surface area (Å²) in [5.74, 6) is -0.188. The van der Waals surface area contributed by atoms with Crippen LogP contribution in [0.4, 0.5) is 4.79 Å². The molecule has 1 atom stereocenters. The molecular weight excluding hydrogens is 357 g/mol. The molecule has 0 aromatic heterocycles. The number of rotatable bonds is 3. The molecule has 2 rings (SSSR count). The van der Waals surface area contributed by atoms with Crippen molar-refractivity contribution < 1.29 is 23.8 Å². The Labute approximate surface area is 149 Å². The van der Waals surface area contributed by atoms with Crippen molar-refractivity contribution in [1.29, 1.82) is 5.26 Å². The summed E-state index contributed by atoms with van der Waals surface area (Å²) in [6, 6.07) is 3.27. The van der Waals surface area contributed by atoms with Gasteiger partial charge in [0.05, 0.1) is 23.9 Å². The van der Waals surface area contributed by atoms with Crippen LogP contribution in [-0.2, 0) is 15.9 Å². The van der Waals surface area contributed by atoms with E-state index >= 15 is 0 Å². The Balaban J connectivity index is 2.18. The van der Waals surface area contributed by atoms with Crippen molar-refractivity contribution in [3.8, 4) is 11.8 Å². The van der Waals surface area contributed by atoms with Crippen LogP contribution in [0.1, 0.15) is 43.1 Å². The van der Waals surface area contributed by atoms with Crippen LogP contribution < -0.4 is 4.74 Å². The number of nitrogens with zero attached hydrogens (tertiary/aromatic N) is 1. The van der Waals surface area contributed by atoms with Gasteiger partial charge in [0.25, 0.3) is 6.29 Å². The van der Waals surface area contributed by atoms with E-state index in [9.17, 15) is 9.59 Å². The number of nitriles is 1. The highest BCUT2D eigenvalue weighted by atomic mass is 35.5. The number of ether oxygens (including phenoxy) is 3. The minimum atomic E-state index is -0.926. The summed E-state index contributed by atoms with van der Waals surface area (Å²) < 4.78 is 15.6. The van der Waals surface area contributed by atoms with E-state index in [1.165, 1.54) is 6.07 Å². The number of fused-ring (bicyclic) bond motifs is 1. The van der Waals surface area contributed by atoms with E-state index in [2.05, 4.69) is 0 Å². The van der Waals surface area contributed by atoms with Crippen LogP contribution in [0.3, 0.4) is 0 Å². The van der Waals surface area contributed by atoms with Crippen LogP contribution in [0.25, 0.3) is 0 Å². The maximum absolute atomic E-state index is 11.9. The summed E-state index contributed by atoms with van der Waals surface area (Å²) >= 11 is 12.2. The van der Waals surface area contributed by atoms with Crippen LogP contribution in [0.2, 0.25) is 10.0 Å². The molecule has 0 spiro atoms. The van der Waals surface area contributed by atoms with E-state index in [0.717, 1.165) is 0 Å². The van der Waals surface area contributed by atoms with Crippen molar-refractivity contribution in [2.75, 3.05) is 0 Å². The lowest BCUT2D eigenvalue weighted by Gasteiger charge is -2.20. The van der Waals surface area contributed by atoms with Crippen molar-refractivity contribution in [2.24, 2.45) is 0 Å². The fourth-order valence-corrected chi connectivity index (χ4v) is 2.62. The first kappa shape index (κ1) is 18.4. The first-order chi connectivity index (χ1) is 11.1. The monoisotopic (exact) mass is 371 g/mol. The van der Waals surface area contributed by atoms with Crippen molar-refractivity contribution in [3.05, 3.63) is 27.2 Å². The molecule has 24 heavy (non-hydrogen) atoms. The van der Waals surface area contributed by atoms with E-state index in [-0.39, 0.29) is 34.2 Å². The van der Waals surface area contributed by atoms with Gasteiger partial charge in [-0.05, 0) is 26.8 Å². The Morgan fingerprint density at radius 3 is 2.62 bits per heavy atom. The summed E-state index contributed by atoms with van der Waals surface area (Å²) in [6.45, 7) is 5.13. The SMILES string of the molecule is CC(C)(C)OC(=O)OC1Cc2cc(C(=O)CC#N)c(Cl)c(Cl)c2O1. The number of Topliss-reactive ketones (excluding diaryl/α,β-unsaturated/α-hetero) is 1. The van der Waals surface area contributed by atoms with Crippen LogP contribution >= 0.6 is 23.2 Å². The second kappa shape index (κ2) is 6.88. The van der Waals surface area contributed by atoms with E-state index in [1.807, 2.05) is 0 Å². The average molecular weight is 372 g/mol. The lowest BCUT2D eigenvalue weighted by atomic mass is 10.0. The molecule has 6 nitrogen and oxygen atoms in total. The molecule has 1 unspecified atom stereocenters. The normalized spacial score (nSPS) is 15.9. The minimum Gasteiger partial charge on any atom is -0.452 e. The van der Waals surface area contributed by atoms with Gasteiger partial charge in [-0.1, -0.05) is 23.2 Å². The molecule has 0 bridgehead atoms. The van der Waals surface area contributed by atoms with Crippen LogP contribution in [0.15, 0.2) is 6.07 Å². The highest BCUT2D eigenvalue weighted by molar-refractivity contribution is 6.45. The summed E-state index contributed by atoms with van der Waals surface area (Å²) in [5, 5.41) is 8.70. The van der Waals surface area contributed by atoms with Gasteiger partial charge in [0.15, 0.2) is 5.78 Å². The molecule has 8 heteroatoms. The number of ketones is 1. The lowest BCUT2D eigenvalue weighted by Crippen LogP contribution is -2.29. The zero-order valence-electron chi connectivity index (χ0n) is 13.3. The smallest absolute Gasteiger partial charge is 0.452 e. The highest BCUT2D eigenvalue weighted by Crippen LogP contribution is 2.43. The number of carbonyl (C=O) groups is 2. The van der Waals surface area contributed by atoms with Gasteiger partial charge >= 0.3 is 6.16 Å².